The van der Waals surface area contributed by atoms with E-state index in [0.717, 1.165) is 18.3 Å². The Hall–Kier alpha value is -0.790. The Balaban J connectivity index is 1.82. The Morgan fingerprint density at radius 3 is 2.73 bits per heavy atom. The van der Waals surface area contributed by atoms with E-state index in [1.54, 1.807) is 0 Å². The fraction of sp³-hybridized carbons (Fsp3) is 0.769. The molecule has 15 heavy (non-hydrogen) atoms. The number of carbonyl (C=O) groups excluding carboxylic acids is 1. The van der Waals surface area contributed by atoms with Crippen LogP contribution in [0.1, 0.15) is 39.0 Å². The van der Waals surface area contributed by atoms with E-state index in [-0.39, 0.29) is 5.97 Å². The molecule has 0 amide bonds. The van der Waals surface area contributed by atoms with Crippen molar-refractivity contribution in [2.45, 2.75) is 39.0 Å². The number of hydrogen-bond donors (Lipinski definition) is 0. The molecule has 3 atom stereocenters. The van der Waals surface area contributed by atoms with Gasteiger partial charge in [0.05, 0.1) is 6.61 Å². The van der Waals surface area contributed by atoms with E-state index in [2.05, 4.69) is 6.58 Å². The molecule has 0 saturated heterocycles. The van der Waals surface area contributed by atoms with Gasteiger partial charge in [-0.15, -0.1) is 0 Å². The smallest absolute Gasteiger partial charge is 0.333 e. The highest BCUT2D eigenvalue weighted by atomic mass is 16.5. The summed E-state index contributed by atoms with van der Waals surface area (Å²) in [5.41, 5.74) is 0.675. The maximum absolute atomic E-state index is 11.4. The molecule has 2 fully saturated rings. The number of esters is 1. The lowest BCUT2D eigenvalue weighted by Crippen LogP contribution is -2.15. The van der Waals surface area contributed by atoms with Crippen molar-refractivity contribution in [3.05, 3.63) is 12.2 Å². The summed E-state index contributed by atoms with van der Waals surface area (Å²) >= 11 is 0. The molecule has 2 aliphatic rings. The van der Waals surface area contributed by atoms with Crippen LogP contribution in [-0.2, 0) is 9.53 Å². The molecule has 0 spiro atoms. The number of ether oxygens (including phenoxy) is 1. The molecule has 2 aliphatic carbocycles. The van der Waals surface area contributed by atoms with Gasteiger partial charge in [0.25, 0.3) is 0 Å². The first-order valence-corrected chi connectivity index (χ1v) is 6.05. The van der Waals surface area contributed by atoms with E-state index in [9.17, 15) is 4.79 Å². The van der Waals surface area contributed by atoms with Gasteiger partial charge in [0.2, 0.25) is 0 Å². The summed E-state index contributed by atoms with van der Waals surface area (Å²) in [5, 5.41) is 0. The maximum atomic E-state index is 11.4. The number of fused-ring (bicyclic) bond motifs is 2. The van der Waals surface area contributed by atoms with Crippen molar-refractivity contribution in [1.82, 2.24) is 0 Å². The molecule has 0 unspecified atom stereocenters. The summed E-state index contributed by atoms with van der Waals surface area (Å²) in [4.78, 5) is 11.4. The van der Waals surface area contributed by atoms with Gasteiger partial charge >= 0.3 is 5.97 Å². The van der Waals surface area contributed by atoms with E-state index in [1.807, 2.05) is 6.92 Å². The molecule has 2 rings (SSSR count). The predicted octanol–water partition coefficient (Wildman–Crippen LogP) is 2.93. The SMILES string of the molecule is C=C(C[C@H]1C[C@H]2CC[C@@H]1C2)C(=O)OCC. The van der Waals surface area contributed by atoms with Gasteiger partial charge in [-0.3, -0.25) is 0 Å². The largest absolute Gasteiger partial charge is 0.463 e. The molecule has 2 saturated carbocycles. The lowest BCUT2D eigenvalue weighted by molar-refractivity contribution is -0.138. The van der Waals surface area contributed by atoms with Crippen molar-refractivity contribution in [1.29, 1.82) is 0 Å². The normalized spacial score (nSPS) is 33.0. The number of rotatable bonds is 4. The highest BCUT2D eigenvalue weighted by Crippen LogP contribution is 2.50. The second kappa shape index (κ2) is 4.38. The molecule has 0 radical (unpaired) electrons. The first-order chi connectivity index (χ1) is 7.20. The van der Waals surface area contributed by atoms with Crippen molar-refractivity contribution in [2.24, 2.45) is 17.8 Å². The molecular formula is C13H20O2. The number of carbonyl (C=O) groups is 1. The van der Waals surface area contributed by atoms with Crippen LogP contribution in [0.25, 0.3) is 0 Å². The monoisotopic (exact) mass is 208 g/mol. The highest BCUT2D eigenvalue weighted by Gasteiger charge is 2.39. The zero-order chi connectivity index (χ0) is 10.8. The van der Waals surface area contributed by atoms with E-state index < -0.39 is 0 Å². The van der Waals surface area contributed by atoms with Crippen molar-refractivity contribution in [3.8, 4) is 0 Å². The van der Waals surface area contributed by atoms with Gasteiger partial charge in [-0.2, -0.15) is 0 Å². The summed E-state index contributed by atoms with van der Waals surface area (Å²) < 4.78 is 4.96. The zero-order valence-electron chi connectivity index (χ0n) is 9.50. The molecule has 2 heteroatoms. The Kier molecular flexibility index (Phi) is 3.13. The quantitative estimate of drug-likeness (QED) is 0.524. The molecule has 0 aromatic rings. The van der Waals surface area contributed by atoms with Gasteiger partial charge in [0.15, 0.2) is 0 Å². The minimum absolute atomic E-state index is 0.194. The third kappa shape index (κ3) is 2.24. The van der Waals surface area contributed by atoms with E-state index in [0.29, 0.717) is 18.1 Å². The fourth-order valence-corrected chi connectivity index (χ4v) is 3.26. The van der Waals surface area contributed by atoms with Crippen molar-refractivity contribution < 1.29 is 9.53 Å². The molecule has 0 aromatic heterocycles. The molecule has 2 bridgehead atoms. The molecule has 0 aromatic carbocycles. The van der Waals surface area contributed by atoms with E-state index >= 15 is 0 Å². The molecular weight excluding hydrogens is 188 g/mol. The van der Waals surface area contributed by atoms with Crippen LogP contribution < -0.4 is 0 Å². The lowest BCUT2D eigenvalue weighted by atomic mass is 9.84. The zero-order valence-corrected chi connectivity index (χ0v) is 9.50. The number of hydrogen-bond acceptors (Lipinski definition) is 2. The van der Waals surface area contributed by atoms with Gasteiger partial charge in [-0.05, 0) is 50.4 Å². The summed E-state index contributed by atoms with van der Waals surface area (Å²) in [6.07, 6.45) is 6.34. The Morgan fingerprint density at radius 1 is 1.40 bits per heavy atom. The van der Waals surface area contributed by atoms with Gasteiger partial charge in [-0.25, -0.2) is 4.79 Å². The van der Waals surface area contributed by atoms with Crippen LogP contribution in [0.15, 0.2) is 12.2 Å². The minimum atomic E-state index is -0.194. The predicted molar refractivity (Wildman–Crippen MR) is 59.3 cm³/mol. The van der Waals surface area contributed by atoms with Crippen LogP contribution in [0.5, 0.6) is 0 Å². The second-order valence-corrected chi connectivity index (χ2v) is 4.96. The minimum Gasteiger partial charge on any atom is -0.463 e. The molecule has 0 N–H and O–H groups in total. The first-order valence-electron chi connectivity index (χ1n) is 6.05. The highest BCUT2D eigenvalue weighted by molar-refractivity contribution is 5.87. The van der Waals surface area contributed by atoms with Gasteiger partial charge < -0.3 is 4.74 Å². The first kappa shape index (κ1) is 10.7. The average Bonchev–Trinajstić information content (AvgIpc) is 2.79. The topological polar surface area (TPSA) is 26.3 Å². The Bertz CT molecular complexity index is 270. The molecule has 84 valence electrons. The third-order valence-corrected chi connectivity index (χ3v) is 3.96. The van der Waals surface area contributed by atoms with Crippen molar-refractivity contribution in [3.63, 3.8) is 0 Å². The molecule has 0 aliphatic heterocycles. The van der Waals surface area contributed by atoms with Crippen LogP contribution in [0, 0.1) is 17.8 Å². The van der Waals surface area contributed by atoms with Crippen LogP contribution in [-0.4, -0.2) is 12.6 Å². The maximum Gasteiger partial charge on any atom is 0.333 e. The molecule has 0 heterocycles. The van der Waals surface area contributed by atoms with Gasteiger partial charge in [0.1, 0.15) is 0 Å². The third-order valence-electron chi connectivity index (χ3n) is 3.96. The van der Waals surface area contributed by atoms with Crippen LogP contribution in [0.4, 0.5) is 0 Å². The fourth-order valence-electron chi connectivity index (χ4n) is 3.26. The average molecular weight is 208 g/mol. The van der Waals surface area contributed by atoms with Crippen LogP contribution >= 0.6 is 0 Å². The summed E-state index contributed by atoms with van der Waals surface area (Å²) in [5.74, 6) is 2.32. The van der Waals surface area contributed by atoms with Crippen molar-refractivity contribution >= 4 is 5.97 Å². The lowest BCUT2D eigenvalue weighted by Gasteiger charge is -2.21. The Labute approximate surface area is 91.7 Å². The standard InChI is InChI=1S/C13H20O2/c1-3-15-13(14)9(2)6-12-8-10-4-5-11(12)7-10/h10-12H,2-8H2,1H3/t10-,11+,12-/m0/s1. The summed E-state index contributed by atoms with van der Waals surface area (Å²) in [6, 6.07) is 0. The van der Waals surface area contributed by atoms with Crippen molar-refractivity contribution in [2.75, 3.05) is 6.61 Å². The second-order valence-electron chi connectivity index (χ2n) is 4.96. The van der Waals surface area contributed by atoms with Gasteiger partial charge in [-0.1, -0.05) is 13.0 Å². The van der Waals surface area contributed by atoms with Crippen LogP contribution in [0.2, 0.25) is 0 Å². The Morgan fingerprint density at radius 2 is 2.20 bits per heavy atom. The van der Waals surface area contributed by atoms with E-state index in [4.69, 9.17) is 4.74 Å². The van der Waals surface area contributed by atoms with Crippen LogP contribution in [0.3, 0.4) is 0 Å². The summed E-state index contributed by atoms with van der Waals surface area (Å²) in [7, 11) is 0. The van der Waals surface area contributed by atoms with E-state index in [1.165, 1.54) is 25.7 Å². The van der Waals surface area contributed by atoms with Gasteiger partial charge in [0, 0.05) is 5.57 Å². The summed E-state index contributed by atoms with van der Waals surface area (Å²) in [6.45, 7) is 6.13. The molecule has 2 nitrogen and oxygen atoms in total.